The van der Waals surface area contributed by atoms with Crippen LogP contribution in [0.15, 0.2) is 42.9 Å². The van der Waals surface area contributed by atoms with Crippen molar-refractivity contribution in [1.29, 1.82) is 5.26 Å². The van der Waals surface area contributed by atoms with Crippen LogP contribution in [0.2, 0.25) is 0 Å². The third-order valence-corrected chi connectivity index (χ3v) is 3.71. The fraction of sp³-hybridized carbons (Fsp3) is 0.353. The molecule has 2 aromatic rings. The number of rotatable bonds is 6. The predicted molar refractivity (Wildman–Crippen MR) is 82.3 cm³/mol. The summed E-state index contributed by atoms with van der Waals surface area (Å²) >= 11 is 0. The molecule has 0 aliphatic rings. The van der Waals surface area contributed by atoms with Crippen LogP contribution >= 0.6 is 0 Å². The van der Waals surface area contributed by atoms with Gasteiger partial charge in [-0.05, 0) is 24.5 Å². The Bertz CT molecular complexity index is 658. The molecular weight excluding hydrogens is 278 g/mol. The maximum absolute atomic E-state index is 12.1. The second-order valence-corrected chi connectivity index (χ2v) is 5.22. The van der Waals surface area contributed by atoms with Crippen LogP contribution in [0.25, 0.3) is 5.69 Å². The summed E-state index contributed by atoms with van der Waals surface area (Å²) in [7, 11) is 1.38. The van der Waals surface area contributed by atoms with Crippen molar-refractivity contribution in [1.82, 2.24) is 9.55 Å². The zero-order chi connectivity index (χ0) is 15.9. The highest BCUT2D eigenvalue weighted by Crippen LogP contribution is 2.28. The van der Waals surface area contributed by atoms with Gasteiger partial charge in [0.1, 0.15) is 5.92 Å². The maximum Gasteiger partial charge on any atom is 0.315 e. The Morgan fingerprint density at radius 2 is 2.14 bits per heavy atom. The van der Waals surface area contributed by atoms with Gasteiger partial charge in [0.15, 0.2) is 0 Å². The molecule has 2 atom stereocenters. The molecule has 0 fully saturated rings. The average Bonchev–Trinajstić information content (AvgIpc) is 3.03. The first-order chi connectivity index (χ1) is 10.7. The minimum absolute atomic E-state index is 0.00813. The monoisotopic (exact) mass is 297 g/mol. The molecule has 1 aromatic heterocycles. The number of ether oxygens (including phenoxy) is 1. The lowest BCUT2D eigenvalue weighted by Gasteiger charge is -2.19. The van der Waals surface area contributed by atoms with Crippen molar-refractivity contribution < 1.29 is 9.53 Å². The van der Waals surface area contributed by atoms with E-state index in [0.29, 0.717) is 18.5 Å². The maximum atomic E-state index is 12.1. The third-order valence-electron chi connectivity index (χ3n) is 3.71. The number of carbonyl (C=O) groups excluding carboxylic acids is 1. The van der Waals surface area contributed by atoms with E-state index in [9.17, 15) is 4.79 Å². The zero-order valence-corrected chi connectivity index (χ0v) is 12.8. The van der Waals surface area contributed by atoms with Gasteiger partial charge in [-0.15, -0.1) is 0 Å². The molecule has 0 saturated heterocycles. The first kappa shape index (κ1) is 15.8. The van der Waals surface area contributed by atoms with E-state index in [2.05, 4.69) is 11.1 Å². The molecule has 0 N–H and O–H groups in total. The number of nitriles is 1. The molecule has 0 spiro atoms. The van der Waals surface area contributed by atoms with Crippen molar-refractivity contribution in [2.45, 2.75) is 25.7 Å². The van der Waals surface area contributed by atoms with E-state index in [0.717, 1.165) is 5.69 Å². The Labute approximate surface area is 130 Å². The summed E-state index contributed by atoms with van der Waals surface area (Å²) in [5, 5.41) is 8.73. The number of carbonyl (C=O) groups is 1. The molecule has 0 radical (unpaired) electrons. The summed E-state index contributed by atoms with van der Waals surface area (Å²) in [6, 6.07) is 11.9. The van der Waals surface area contributed by atoms with Crippen molar-refractivity contribution >= 4 is 5.97 Å². The molecule has 5 nitrogen and oxygen atoms in total. The van der Waals surface area contributed by atoms with Crippen LogP contribution < -0.4 is 0 Å². The van der Waals surface area contributed by atoms with Crippen molar-refractivity contribution in [3.05, 3.63) is 48.5 Å². The zero-order valence-electron chi connectivity index (χ0n) is 12.8. The lowest BCUT2D eigenvalue weighted by atomic mass is 9.88. The van der Waals surface area contributed by atoms with Crippen LogP contribution in [0.4, 0.5) is 0 Å². The Kier molecular flexibility index (Phi) is 5.31. The number of benzene rings is 1. The average molecular weight is 297 g/mol. The number of nitrogens with zero attached hydrogens (tertiary/aromatic N) is 3. The smallest absolute Gasteiger partial charge is 0.315 e. The normalized spacial score (nSPS) is 13.1. The molecule has 0 saturated carbocycles. The van der Waals surface area contributed by atoms with Gasteiger partial charge in [0.25, 0.3) is 0 Å². The van der Waals surface area contributed by atoms with E-state index >= 15 is 0 Å². The van der Waals surface area contributed by atoms with Crippen LogP contribution in [-0.4, -0.2) is 22.6 Å². The number of imidazole rings is 1. The van der Waals surface area contributed by atoms with Gasteiger partial charge in [0.2, 0.25) is 0 Å². The van der Waals surface area contributed by atoms with E-state index in [-0.39, 0.29) is 11.9 Å². The SMILES string of the molecule is COC(=O)C(c1cn(-c2ccccc2)cn1)[C@H](C)CCC#N. The highest BCUT2D eigenvalue weighted by atomic mass is 16.5. The Hall–Kier alpha value is -2.61. The van der Waals surface area contributed by atoms with E-state index in [1.807, 2.05) is 48.0 Å². The second-order valence-electron chi connectivity index (χ2n) is 5.22. The van der Waals surface area contributed by atoms with E-state index < -0.39 is 5.92 Å². The number of hydrogen-bond acceptors (Lipinski definition) is 4. The molecule has 0 aliphatic heterocycles. The first-order valence-electron chi connectivity index (χ1n) is 7.21. The number of hydrogen-bond donors (Lipinski definition) is 0. The molecule has 22 heavy (non-hydrogen) atoms. The molecular formula is C17H19N3O2. The van der Waals surface area contributed by atoms with E-state index in [1.165, 1.54) is 7.11 Å². The molecule has 0 amide bonds. The van der Waals surface area contributed by atoms with E-state index in [1.54, 1.807) is 6.33 Å². The highest BCUT2D eigenvalue weighted by Gasteiger charge is 2.29. The summed E-state index contributed by atoms with van der Waals surface area (Å²) in [5.74, 6) is -0.779. The Morgan fingerprint density at radius 1 is 1.41 bits per heavy atom. The van der Waals surface area contributed by atoms with Gasteiger partial charge in [-0.1, -0.05) is 25.1 Å². The van der Waals surface area contributed by atoms with Crippen molar-refractivity contribution in [3.8, 4) is 11.8 Å². The summed E-state index contributed by atoms with van der Waals surface area (Å²) in [6.07, 6.45) is 4.58. The standard InChI is InChI=1S/C17H19N3O2/c1-13(7-6-10-18)16(17(21)22-2)15-11-20(12-19-15)14-8-4-3-5-9-14/h3-5,8-9,11-13,16H,6-7H2,1-2H3/t13-,16?/m1/s1. The minimum atomic E-state index is -0.455. The fourth-order valence-electron chi connectivity index (χ4n) is 2.47. The van der Waals surface area contributed by atoms with Crippen LogP contribution in [0, 0.1) is 17.2 Å². The van der Waals surface area contributed by atoms with Crippen LogP contribution in [0.5, 0.6) is 0 Å². The van der Waals surface area contributed by atoms with Gasteiger partial charge in [0, 0.05) is 18.3 Å². The molecule has 0 bridgehead atoms. The number of methoxy groups -OCH3 is 1. The van der Waals surface area contributed by atoms with Gasteiger partial charge in [-0.3, -0.25) is 4.79 Å². The lowest BCUT2D eigenvalue weighted by Crippen LogP contribution is -2.21. The minimum Gasteiger partial charge on any atom is -0.468 e. The topological polar surface area (TPSA) is 67.9 Å². The van der Waals surface area contributed by atoms with Gasteiger partial charge in [-0.2, -0.15) is 5.26 Å². The lowest BCUT2D eigenvalue weighted by molar-refractivity contribution is -0.143. The first-order valence-corrected chi connectivity index (χ1v) is 7.21. The summed E-state index contributed by atoms with van der Waals surface area (Å²) in [5.41, 5.74) is 1.65. The fourth-order valence-corrected chi connectivity index (χ4v) is 2.47. The molecule has 2 rings (SSSR count). The van der Waals surface area contributed by atoms with Crippen LogP contribution in [-0.2, 0) is 9.53 Å². The molecule has 5 heteroatoms. The third kappa shape index (κ3) is 3.53. The summed E-state index contributed by atoms with van der Waals surface area (Å²) in [6.45, 7) is 1.94. The molecule has 1 aromatic carbocycles. The molecule has 1 unspecified atom stereocenters. The Morgan fingerprint density at radius 3 is 2.77 bits per heavy atom. The molecule has 114 valence electrons. The molecule has 1 heterocycles. The van der Waals surface area contributed by atoms with E-state index in [4.69, 9.17) is 10.00 Å². The van der Waals surface area contributed by atoms with Crippen molar-refractivity contribution in [3.63, 3.8) is 0 Å². The van der Waals surface area contributed by atoms with Crippen molar-refractivity contribution in [2.24, 2.45) is 5.92 Å². The van der Waals surface area contributed by atoms with Gasteiger partial charge in [0.05, 0.1) is 25.2 Å². The highest BCUT2D eigenvalue weighted by molar-refractivity contribution is 5.77. The molecule has 0 aliphatic carbocycles. The quantitative estimate of drug-likeness (QED) is 0.768. The van der Waals surface area contributed by atoms with Gasteiger partial charge < -0.3 is 9.30 Å². The van der Waals surface area contributed by atoms with Crippen LogP contribution in [0.1, 0.15) is 31.4 Å². The Balaban J connectivity index is 2.27. The predicted octanol–water partition coefficient (Wildman–Crippen LogP) is 3.07. The van der Waals surface area contributed by atoms with Gasteiger partial charge in [-0.25, -0.2) is 4.98 Å². The summed E-state index contributed by atoms with van der Waals surface area (Å²) in [4.78, 5) is 16.5. The second kappa shape index (κ2) is 7.41. The van der Waals surface area contributed by atoms with Crippen molar-refractivity contribution in [2.75, 3.05) is 7.11 Å². The summed E-state index contributed by atoms with van der Waals surface area (Å²) < 4.78 is 6.79. The van der Waals surface area contributed by atoms with Crippen LogP contribution in [0.3, 0.4) is 0 Å². The number of esters is 1. The number of para-hydroxylation sites is 1. The van der Waals surface area contributed by atoms with Gasteiger partial charge >= 0.3 is 5.97 Å². The number of aromatic nitrogens is 2. The largest absolute Gasteiger partial charge is 0.468 e.